The summed E-state index contributed by atoms with van der Waals surface area (Å²) < 4.78 is 5.30. The third-order valence-corrected chi connectivity index (χ3v) is 5.51. The van der Waals surface area contributed by atoms with E-state index in [4.69, 9.17) is 10.5 Å². The molecule has 1 aromatic heterocycles. The van der Waals surface area contributed by atoms with E-state index in [9.17, 15) is 0 Å². The van der Waals surface area contributed by atoms with Crippen LogP contribution in [0.25, 0.3) is 11.3 Å². The Morgan fingerprint density at radius 1 is 1.31 bits per heavy atom. The summed E-state index contributed by atoms with van der Waals surface area (Å²) in [6.07, 6.45) is 4.37. The van der Waals surface area contributed by atoms with Gasteiger partial charge in [-0.15, -0.1) is 0 Å². The minimum Gasteiger partial charge on any atom is -0.497 e. The number of aromatic nitrogens is 1. The fourth-order valence-corrected chi connectivity index (χ4v) is 3.84. The van der Waals surface area contributed by atoms with Gasteiger partial charge in [0.2, 0.25) is 0 Å². The van der Waals surface area contributed by atoms with E-state index in [-0.39, 0.29) is 0 Å². The largest absolute Gasteiger partial charge is 0.497 e. The summed E-state index contributed by atoms with van der Waals surface area (Å²) in [5, 5.41) is 3.68. The molecule has 1 aliphatic heterocycles. The number of hydrogen-bond acceptors (Lipinski definition) is 5. The lowest BCUT2D eigenvalue weighted by Gasteiger charge is -2.15. The molecule has 1 saturated carbocycles. The lowest BCUT2D eigenvalue weighted by atomic mass is 10.1. The Balaban J connectivity index is 1.28. The number of rotatable bonds is 7. The third kappa shape index (κ3) is 4.06. The van der Waals surface area contributed by atoms with Gasteiger partial charge in [0.05, 0.1) is 12.8 Å². The first-order chi connectivity index (χ1) is 12.7. The number of likely N-dealkylation sites (tertiary alicyclic amines) is 1. The molecule has 138 valence electrons. The molecule has 2 aromatic rings. The molecule has 2 aliphatic rings. The Bertz CT molecular complexity index is 733. The van der Waals surface area contributed by atoms with Crippen LogP contribution in [-0.4, -0.2) is 55.3 Å². The average molecular weight is 352 g/mol. The van der Waals surface area contributed by atoms with E-state index in [1.807, 2.05) is 24.4 Å². The molecule has 2 fully saturated rings. The topological polar surface area (TPSA) is 63.4 Å². The first-order valence-electron chi connectivity index (χ1n) is 9.54. The predicted octanol–water partition coefficient (Wildman–Crippen LogP) is 2.24. The molecule has 2 heterocycles. The highest BCUT2D eigenvalue weighted by Crippen LogP contribution is 2.40. The van der Waals surface area contributed by atoms with Gasteiger partial charge in [-0.25, -0.2) is 0 Å². The number of methoxy groups -OCH3 is 1. The number of pyridine rings is 1. The van der Waals surface area contributed by atoms with Gasteiger partial charge < -0.3 is 20.7 Å². The van der Waals surface area contributed by atoms with Crippen molar-refractivity contribution in [2.45, 2.75) is 30.8 Å². The fourth-order valence-electron chi connectivity index (χ4n) is 3.84. The first kappa shape index (κ1) is 17.5. The molecule has 1 saturated heterocycles. The summed E-state index contributed by atoms with van der Waals surface area (Å²) >= 11 is 0. The van der Waals surface area contributed by atoms with Gasteiger partial charge in [-0.3, -0.25) is 4.98 Å². The Hall–Kier alpha value is -1.95. The maximum absolute atomic E-state index is 5.96. The molecule has 1 aliphatic carbocycles. The zero-order valence-electron chi connectivity index (χ0n) is 15.4. The molecule has 0 amide bonds. The van der Waals surface area contributed by atoms with Crippen molar-refractivity contribution < 1.29 is 4.74 Å². The average Bonchev–Trinajstić information content (AvgIpc) is 3.34. The first-order valence-corrected chi connectivity index (χ1v) is 9.54. The number of nitrogens with one attached hydrogen (secondary N) is 1. The minimum absolute atomic E-state index is 0.373. The van der Waals surface area contributed by atoms with Gasteiger partial charge in [0.1, 0.15) is 5.75 Å². The van der Waals surface area contributed by atoms with E-state index in [1.54, 1.807) is 7.11 Å². The summed E-state index contributed by atoms with van der Waals surface area (Å²) in [5.41, 5.74) is 9.37. The Morgan fingerprint density at radius 2 is 2.23 bits per heavy atom. The van der Waals surface area contributed by atoms with Crippen LogP contribution in [-0.2, 0) is 0 Å². The van der Waals surface area contributed by atoms with E-state index < -0.39 is 0 Å². The van der Waals surface area contributed by atoms with Crippen molar-refractivity contribution in [3.8, 4) is 17.0 Å². The summed E-state index contributed by atoms with van der Waals surface area (Å²) in [7, 11) is 1.69. The van der Waals surface area contributed by atoms with Crippen LogP contribution in [0.5, 0.6) is 5.75 Å². The van der Waals surface area contributed by atoms with Gasteiger partial charge in [-0.1, -0.05) is 18.2 Å². The quantitative estimate of drug-likeness (QED) is 0.800. The van der Waals surface area contributed by atoms with Crippen molar-refractivity contribution in [1.29, 1.82) is 0 Å². The van der Waals surface area contributed by atoms with E-state index in [1.165, 1.54) is 12.0 Å². The maximum atomic E-state index is 5.96. The lowest BCUT2D eigenvalue weighted by Crippen LogP contribution is -2.33. The van der Waals surface area contributed by atoms with E-state index in [2.05, 4.69) is 33.4 Å². The Labute approximate surface area is 155 Å². The fraction of sp³-hybridized carbons (Fsp3) is 0.476. The summed E-state index contributed by atoms with van der Waals surface area (Å²) in [4.78, 5) is 7.12. The molecule has 26 heavy (non-hydrogen) atoms. The minimum atomic E-state index is 0.373. The third-order valence-electron chi connectivity index (χ3n) is 5.51. The maximum Gasteiger partial charge on any atom is 0.119 e. The standard InChI is InChI=1S/C21H28N4O/c1-26-18-4-2-3-15(11-18)20-6-5-16(13-24-20)19-12-21(19)23-8-10-25-9-7-17(22)14-25/h2-6,11,13,17,19,21,23H,7-10,12,14,22H2,1H3/t17-,19+,21-/m1/s1. The number of nitrogens with zero attached hydrogens (tertiary/aromatic N) is 2. The number of benzene rings is 1. The molecular formula is C21H28N4O. The highest BCUT2D eigenvalue weighted by atomic mass is 16.5. The molecular weight excluding hydrogens is 324 g/mol. The SMILES string of the molecule is COc1cccc(-c2ccc([C@@H]3C[C@H]3NCCN3CC[C@@H](N)C3)cn2)c1. The normalized spacial score (nSPS) is 25.4. The molecule has 0 unspecified atom stereocenters. The van der Waals surface area contributed by atoms with Crippen LogP contribution in [0.15, 0.2) is 42.6 Å². The van der Waals surface area contributed by atoms with Crippen molar-refractivity contribution >= 4 is 0 Å². The second-order valence-electron chi connectivity index (χ2n) is 7.46. The van der Waals surface area contributed by atoms with Gasteiger partial charge in [-0.2, -0.15) is 0 Å². The van der Waals surface area contributed by atoms with Gasteiger partial charge in [0.25, 0.3) is 0 Å². The highest BCUT2D eigenvalue weighted by molar-refractivity contribution is 5.61. The van der Waals surface area contributed by atoms with Gasteiger partial charge in [0, 0.05) is 49.4 Å². The van der Waals surface area contributed by atoms with Crippen molar-refractivity contribution in [1.82, 2.24) is 15.2 Å². The zero-order valence-corrected chi connectivity index (χ0v) is 15.4. The van der Waals surface area contributed by atoms with Crippen molar-refractivity contribution in [2.24, 2.45) is 5.73 Å². The van der Waals surface area contributed by atoms with Crippen LogP contribution in [0.4, 0.5) is 0 Å². The molecule has 0 bridgehead atoms. The summed E-state index contributed by atoms with van der Waals surface area (Å²) in [6, 6.07) is 13.3. The van der Waals surface area contributed by atoms with Crippen LogP contribution in [0.2, 0.25) is 0 Å². The Morgan fingerprint density at radius 3 is 2.96 bits per heavy atom. The monoisotopic (exact) mass is 352 g/mol. The second-order valence-corrected chi connectivity index (χ2v) is 7.46. The highest BCUT2D eigenvalue weighted by Gasteiger charge is 2.38. The lowest BCUT2D eigenvalue weighted by molar-refractivity contribution is 0.331. The Kier molecular flexibility index (Phi) is 5.20. The molecule has 4 rings (SSSR count). The van der Waals surface area contributed by atoms with Crippen LogP contribution in [0.1, 0.15) is 24.3 Å². The van der Waals surface area contributed by atoms with Gasteiger partial charge in [-0.05, 0) is 43.1 Å². The molecule has 3 atom stereocenters. The molecule has 0 spiro atoms. The van der Waals surface area contributed by atoms with E-state index in [0.717, 1.165) is 49.6 Å². The van der Waals surface area contributed by atoms with Gasteiger partial charge in [0.15, 0.2) is 0 Å². The van der Waals surface area contributed by atoms with Crippen LogP contribution < -0.4 is 15.8 Å². The molecule has 1 aromatic carbocycles. The van der Waals surface area contributed by atoms with Crippen molar-refractivity contribution in [2.75, 3.05) is 33.3 Å². The summed E-state index contributed by atoms with van der Waals surface area (Å²) in [6.45, 7) is 4.34. The zero-order chi connectivity index (χ0) is 17.9. The summed E-state index contributed by atoms with van der Waals surface area (Å²) in [5.74, 6) is 1.46. The van der Waals surface area contributed by atoms with Gasteiger partial charge >= 0.3 is 0 Å². The second kappa shape index (κ2) is 7.74. The van der Waals surface area contributed by atoms with E-state index >= 15 is 0 Å². The van der Waals surface area contributed by atoms with E-state index in [0.29, 0.717) is 18.0 Å². The van der Waals surface area contributed by atoms with Crippen LogP contribution in [0.3, 0.4) is 0 Å². The van der Waals surface area contributed by atoms with Crippen LogP contribution >= 0.6 is 0 Å². The molecule has 0 radical (unpaired) electrons. The number of ether oxygens (including phenoxy) is 1. The van der Waals surface area contributed by atoms with Crippen molar-refractivity contribution in [3.05, 3.63) is 48.2 Å². The molecule has 3 N–H and O–H groups in total. The predicted molar refractivity (Wildman–Crippen MR) is 104 cm³/mol. The molecule has 5 heteroatoms. The smallest absolute Gasteiger partial charge is 0.119 e. The van der Waals surface area contributed by atoms with Crippen LogP contribution in [0, 0.1) is 0 Å². The molecule has 5 nitrogen and oxygen atoms in total. The van der Waals surface area contributed by atoms with Crippen molar-refractivity contribution in [3.63, 3.8) is 0 Å². The number of nitrogens with two attached hydrogens (primary N) is 1. The number of hydrogen-bond donors (Lipinski definition) is 2.